The van der Waals surface area contributed by atoms with Gasteiger partial charge in [0.15, 0.2) is 0 Å². The minimum Gasteiger partial charge on any atom is -0.270 e. The van der Waals surface area contributed by atoms with E-state index in [9.17, 15) is 0 Å². The molecule has 1 aromatic carbocycles. The maximum absolute atomic E-state index is 6.12. The molecule has 0 bridgehead atoms. The van der Waals surface area contributed by atoms with Crippen LogP contribution < -0.4 is 0 Å². The van der Waals surface area contributed by atoms with Crippen LogP contribution in [0.15, 0.2) is 30.5 Å². The second-order valence-electron chi connectivity index (χ2n) is 3.90. The first kappa shape index (κ1) is 11.5. The molecule has 2 aromatic rings. The van der Waals surface area contributed by atoms with Gasteiger partial charge in [-0.15, -0.1) is 0 Å². The maximum atomic E-state index is 6.12. The molecule has 0 fully saturated rings. The highest BCUT2D eigenvalue weighted by Crippen LogP contribution is 2.29. The van der Waals surface area contributed by atoms with Crippen LogP contribution in [0.5, 0.6) is 0 Å². The van der Waals surface area contributed by atoms with Gasteiger partial charge in [-0.25, -0.2) is 0 Å². The van der Waals surface area contributed by atoms with Gasteiger partial charge in [-0.3, -0.25) is 4.68 Å². The van der Waals surface area contributed by atoms with Gasteiger partial charge >= 0.3 is 0 Å². The van der Waals surface area contributed by atoms with Crippen molar-refractivity contribution in [3.05, 3.63) is 40.5 Å². The zero-order valence-corrected chi connectivity index (χ0v) is 10.6. The molecule has 0 spiro atoms. The molecular formula is C12H12Cl2N2. The fourth-order valence-corrected chi connectivity index (χ4v) is 1.97. The number of hydrogen-bond acceptors (Lipinski definition) is 1. The summed E-state index contributed by atoms with van der Waals surface area (Å²) in [6.07, 6.45) is 1.95. The monoisotopic (exact) mass is 254 g/mol. The number of nitrogens with zero attached hydrogens (tertiary/aromatic N) is 2. The van der Waals surface area contributed by atoms with E-state index in [4.69, 9.17) is 23.2 Å². The van der Waals surface area contributed by atoms with Gasteiger partial charge in [-0.1, -0.05) is 23.2 Å². The number of benzene rings is 1. The van der Waals surface area contributed by atoms with E-state index in [-0.39, 0.29) is 0 Å². The topological polar surface area (TPSA) is 17.8 Å². The molecule has 0 amide bonds. The second kappa shape index (κ2) is 4.48. The van der Waals surface area contributed by atoms with Gasteiger partial charge in [-0.2, -0.15) is 5.10 Å². The summed E-state index contributed by atoms with van der Waals surface area (Å²) in [5.74, 6) is 0. The highest BCUT2D eigenvalue weighted by Gasteiger charge is 2.08. The molecule has 1 aromatic heterocycles. The van der Waals surface area contributed by atoms with E-state index in [1.807, 2.05) is 29.1 Å². The third-order valence-corrected chi connectivity index (χ3v) is 2.89. The Balaban J connectivity index is 2.42. The first-order valence-corrected chi connectivity index (χ1v) is 5.84. The minimum absolute atomic E-state index is 0.347. The lowest BCUT2D eigenvalue weighted by Gasteiger charge is -2.04. The molecule has 4 heteroatoms. The normalized spacial score (nSPS) is 11.1. The number of aromatic nitrogens is 2. The van der Waals surface area contributed by atoms with Gasteiger partial charge in [0.2, 0.25) is 0 Å². The molecule has 2 nitrogen and oxygen atoms in total. The second-order valence-corrected chi connectivity index (χ2v) is 4.74. The van der Waals surface area contributed by atoms with E-state index >= 15 is 0 Å². The zero-order chi connectivity index (χ0) is 11.7. The predicted octanol–water partition coefficient (Wildman–Crippen LogP) is 4.44. The zero-order valence-electron chi connectivity index (χ0n) is 9.11. The van der Waals surface area contributed by atoms with Crippen LogP contribution in [0.1, 0.15) is 19.9 Å². The van der Waals surface area contributed by atoms with E-state index in [1.165, 1.54) is 0 Å². The Morgan fingerprint density at radius 1 is 1.19 bits per heavy atom. The molecule has 0 aliphatic heterocycles. The van der Waals surface area contributed by atoms with Crippen LogP contribution in [0.25, 0.3) is 11.3 Å². The van der Waals surface area contributed by atoms with Crippen LogP contribution in [-0.2, 0) is 0 Å². The maximum Gasteiger partial charge on any atom is 0.0938 e. The molecular weight excluding hydrogens is 243 g/mol. The van der Waals surface area contributed by atoms with Crippen LogP contribution in [0.4, 0.5) is 0 Å². The van der Waals surface area contributed by atoms with Crippen LogP contribution in [0.2, 0.25) is 10.0 Å². The van der Waals surface area contributed by atoms with Gasteiger partial charge < -0.3 is 0 Å². The van der Waals surface area contributed by atoms with Crippen LogP contribution in [0, 0.1) is 0 Å². The fourth-order valence-electron chi connectivity index (χ4n) is 1.47. The predicted molar refractivity (Wildman–Crippen MR) is 68.1 cm³/mol. The van der Waals surface area contributed by atoms with Crippen molar-refractivity contribution in [3.8, 4) is 11.3 Å². The van der Waals surface area contributed by atoms with Crippen LogP contribution >= 0.6 is 23.2 Å². The molecule has 84 valence electrons. The van der Waals surface area contributed by atoms with Gasteiger partial charge in [-0.05, 0) is 38.1 Å². The summed E-state index contributed by atoms with van der Waals surface area (Å²) in [7, 11) is 0. The summed E-state index contributed by atoms with van der Waals surface area (Å²) in [5, 5.41) is 5.72. The van der Waals surface area contributed by atoms with Gasteiger partial charge in [0, 0.05) is 22.8 Å². The van der Waals surface area contributed by atoms with Crippen molar-refractivity contribution in [2.45, 2.75) is 19.9 Å². The van der Waals surface area contributed by atoms with Crippen molar-refractivity contribution in [2.75, 3.05) is 0 Å². The quantitative estimate of drug-likeness (QED) is 0.775. The summed E-state index contributed by atoms with van der Waals surface area (Å²) < 4.78 is 1.90. The summed E-state index contributed by atoms with van der Waals surface area (Å²) >= 11 is 12.0. The Morgan fingerprint density at radius 2 is 1.94 bits per heavy atom. The smallest absolute Gasteiger partial charge is 0.0938 e. The average Bonchev–Trinajstić information content (AvgIpc) is 2.66. The highest BCUT2D eigenvalue weighted by molar-refractivity contribution is 6.36. The molecule has 2 rings (SSSR count). The van der Waals surface area contributed by atoms with Gasteiger partial charge in [0.05, 0.1) is 10.7 Å². The molecule has 16 heavy (non-hydrogen) atoms. The standard InChI is InChI=1S/C12H12Cl2N2/c1-8(2)16-6-5-12(15-16)10-4-3-9(13)7-11(10)14/h3-8H,1-2H3. The van der Waals surface area contributed by atoms with E-state index in [0.29, 0.717) is 16.1 Å². The minimum atomic E-state index is 0.347. The average molecular weight is 255 g/mol. The molecule has 0 radical (unpaired) electrons. The molecule has 0 aliphatic rings. The molecule has 0 atom stereocenters. The summed E-state index contributed by atoms with van der Waals surface area (Å²) in [6.45, 7) is 4.17. The van der Waals surface area contributed by atoms with Gasteiger partial charge in [0.1, 0.15) is 0 Å². The van der Waals surface area contributed by atoms with Crippen LogP contribution in [0.3, 0.4) is 0 Å². The van der Waals surface area contributed by atoms with Crippen molar-refractivity contribution < 1.29 is 0 Å². The third-order valence-electron chi connectivity index (χ3n) is 2.34. The summed E-state index contributed by atoms with van der Waals surface area (Å²) in [5.41, 5.74) is 1.78. The Morgan fingerprint density at radius 3 is 2.50 bits per heavy atom. The van der Waals surface area contributed by atoms with Crippen LogP contribution in [-0.4, -0.2) is 9.78 Å². The molecule has 0 N–H and O–H groups in total. The lowest BCUT2D eigenvalue weighted by molar-refractivity contribution is 0.534. The third kappa shape index (κ3) is 2.23. The van der Waals surface area contributed by atoms with Crippen molar-refractivity contribution in [3.63, 3.8) is 0 Å². The number of hydrogen-bond donors (Lipinski definition) is 0. The lowest BCUT2D eigenvalue weighted by atomic mass is 10.1. The Kier molecular flexibility index (Phi) is 3.22. The Bertz CT molecular complexity index is 503. The summed E-state index contributed by atoms with van der Waals surface area (Å²) in [6, 6.07) is 7.73. The highest BCUT2D eigenvalue weighted by atomic mass is 35.5. The largest absolute Gasteiger partial charge is 0.270 e. The Hall–Kier alpha value is -0.990. The Labute approximate surface area is 105 Å². The first-order valence-electron chi connectivity index (χ1n) is 5.08. The molecule has 0 unspecified atom stereocenters. The number of rotatable bonds is 2. The summed E-state index contributed by atoms with van der Waals surface area (Å²) in [4.78, 5) is 0. The molecule has 1 heterocycles. The lowest BCUT2D eigenvalue weighted by Crippen LogP contribution is -2.00. The molecule has 0 saturated heterocycles. The van der Waals surface area contributed by atoms with Crippen molar-refractivity contribution >= 4 is 23.2 Å². The van der Waals surface area contributed by atoms with E-state index in [2.05, 4.69) is 18.9 Å². The van der Waals surface area contributed by atoms with Crippen molar-refractivity contribution in [1.29, 1.82) is 0 Å². The van der Waals surface area contributed by atoms with Gasteiger partial charge in [0.25, 0.3) is 0 Å². The molecule has 0 saturated carbocycles. The van der Waals surface area contributed by atoms with Crippen molar-refractivity contribution in [2.24, 2.45) is 0 Å². The number of halogens is 2. The van der Waals surface area contributed by atoms with E-state index in [0.717, 1.165) is 11.3 Å². The van der Waals surface area contributed by atoms with Crippen molar-refractivity contribution in [1.82, 2.24) is 9.78 Å². The first-order chi connectivity index (χ1) is 7.58. The fraction of sp³-hybridized carbons (Fsp3) is 0.250. The van der Waals surface area contributed by atoms with E-state index in [1.54, 1.807) is 6.07 Å². The molecule has 0 aliphatic carbocycles. The SMILES string of the molecule is CC(C)n1ccc(-c2ccc(Cl)cc2Cl)n1. The van der Waals surface area contributed by atoms with E-state index < -0.39 is 0 Å².